The number of carbonyl (C=O) groups excluding carboxylic acids is 1. The Kier molecular flexibility index (Phi) is 6.56. The lowest BCUT2D eigenvalue weighted by molar-refractivity contribution is 0.0472. The monoisotopic (exact) mass is 424 g/mol. The second kappa shape index (κ2) is 8.40. The molecule has 1 aliphatic rings. The van der Waals surface area contributed by atoms with Gasteiger partial charge in [-0.05, 0) is 65.7 Å². The Morgan fingerprint density at radius 3 is 2.24 bits per heavy atom. The van der Waals surface area contributed by atoms with Crippen LogP contribution in [0.3, 0.4) is 0 Å². The van der Waals surface area contributed by atoms with Crippen LogP contribution in [0.4, 0.5) is 10.5 Å². The summed E-state index contributed by atoms with van der Waals surface area (Å²) in [5.74, 6) is -0.00853. The second-order valence-electron chi connectivity index (χ2n) is 8.23. The highest BCUT2D eigenvalue weighted by molar-refractivity contribution is 7.89. The van der Waals surface area contributed by atoms with Gasteiger partial charge in [-0.25, -0.2) is 4.79 Å². The Bertz CT molecular complexity index is 913. The fourth-order valence-corrected chi connectivity index (χ4v) is 3.35. The molecule has 1 aliphatic heterocycles. The van der Waals surface area contributed by atoms with Crippen LogP contribution >= 0.6 is 0 Å². The summed E-state index contributed by atoms with van der Waals surface area (Å²) in [6.45, 7) is 11.3. The molecule has 0 atom stereocenters. The zero-order valence-corrected chi connectivity index (χ0v) is 18.4. The lowest BCUT2D eigenvalue weighted by atomic mass is 9.95. The largest absolute Gasteiger partial charge is 0.475 e. The van der Waals surface area contributed by atoms with Crippen LogP contribution in [0.5, 0.6) is 0 Å². The molecule has 29 heavy (non-hydrogen) atoms. The van der Waals surface area contributed by atoms with E-state index in [4.69, 9.17) is 9.47 Å². The van der Waals surface area contributed by atoms with Crippen molar-refractivity contribution < 1.29 is 22.7 Å². The highest BCUT2D eigenvalue weighted by atomic mass is 32.2. The number of nitrogens with one attached hydrogen (secondary N) is 2. The predicted molar refractivity (Wildman–Crippen MR) is 113 cm³/mol. The highest BCUT2D eigenvalue weighted by Gasteiger charge is 2.27. The van der Waals surface area contributed by atoms with Crippen molar-refractivity contribution in [3.63, 3.8) is 0 Å². The molecule has 0 bridgehead atoms. The Morgan fingerprint density at radius 1 is 1.07 bits per heavy atom. The maximum absolute atomic E-state index is 12.0. The fourth-order valence-electron chi connectivity index (χ4n) is 2.61. The van der Waals surface area contributed by atoms with Gasteiger partial charge < -0.3 is 20.1 Å². The van der Waals surface area contributed by atoms with E-state index in [2.05, 4.69) is 19.4 Å². The van der Waals surface area contributed by atoms with Crippen molar-refractivity contribution in [3.8, 4) is 0 Å². The van der Waals surface area contributed by atoms with Crippen LogP contribution in [0, 0.1) is 0 Å². The third kappa shape index (κ3) is 7.37. The van der Waals surface area contributed by atoms with E-state index in [1.807, 2.05) is 46.8 Å². The summed E-state index contributed by atoms with van der Waals surface area (Å²) >= 11 is 0. The van der Waals surface area contributed by atoms with E-state index in [1.165, 1.54) is 0 Å². The number of hydrogen-bond donors (Lipinski definition) is 2. The molecular weight excluding hydrogens is 396 g/mol. The number of anilines is 1. The lowest BCUT2D eigenvalue weighted by Crippen LogP contribution is -2.47. The van der Waals surface area contributed by atoms with Gasteiger partial charge in [0.1, 0.15) is 5.60 Å². The minimum absolute atomic E-state index is 0.0477. The molecule has 9 nitrogen and oxygen atoms in total. The maximum Gasteiger partial charge on any atom is 0.408 e. The average Bonchev–Trinajstić information content (AvgIpc) is 2.80. The first-order chi connectivity index (χ1) is 13.3. The van der Waals surface area contributed by atoms with Gasteiger partial charge in [0.15, 0.2) is 0 Å². The number of ether oxygens (including phenoxy) is 2. The maximum atomic E-state index is 12.0. The molecule has 0 saturated heterocycles. The number of carbonyl (C=O) groups is 1. The summed E-state index contributed by atoms with van der Waals surface area (Å²) < 4.78 is 40.6. The molecule has 0 spiro atoms. The number of rotatable bonds is 5. The molecule has 0 fully saturated rings. The van der Waals surface area contributed by atoms with E-state index in [9.17, 15) is 13.2 Å². The molecule has 1 heterocycles. The molecule has 0 radical (unpaired) electrons. The standard InChI is InChI=1S/C19H28N4O5S/c1-7-27-16-15(22-29(25,26)23-16)20-14-10-8-13(9-11-14)12-19(5,6)21-17(24)28-18(2,3)4/h8-11H,7,12H2,1-6H3,(H,20,22)(H,21,24). The number of benzene rings is 1. The van der Waals surface area contributed by atoms with E-state index < -0.39 is 27.4 Å². The van der Waals surface area contributed by atoms with Gasteiger partial charge in [-0.15, -0.1) is 8.80 Å². The summed E-state index contributed by atoms with van der Waals surface area (Å²) in [5.41, 5.74) is 0.537. The van der Waals surface area contributed by atoms with E-state index in [-0.39, 0.29) is 18.3 Å². The van der Waals surface area contributed by atoms with Crippen LogP contribution in [0.25, 0.3) is 0 Å². The van der Waals surface area contributed by atoms with Gasteiger partial charge in [-0.1, -0.05) is 12.1 Å². The Hall–Kier alpha value is -2.62. The molecular formula is C19H28N4O5S. The van der Waals surface area contributed by atoms with Crippen LogP contribution in [0.2, 0.25) is 0 Å². The van der Waals surface area contributed by atoms with Gasteiger partial charge in [0, 0.05) is 11.2 Å². The third-order valence-corrected chi connectivity index (χ3v) is 4.40. The number of nitrogens with zero attached hydrogens (tertiary/aromatic N) is 2. The fraction of sp³-hybridized carbons (Fsp3) is 0.526. The summed E-state index contributed by atoms with van der Waals surface area (Å²) in [5, 5.41) is 5.77. The number of alkyl carbamates (subject to hydrolysis) is 1. The van der Waals surface area contributed by atoms with Crippen LogP contribution in [0.1, 0.15) is 47.1 Å². The van der Waals surface area contributed by atoms with E-state index in [0.717, 1.165) is 5.56 Å². The van der Waals surface area contributed by atoms with Crippen molar-refractivity contribution >= 4 is 33.7 Å². The molecule has 10 heteroatoms. The summed E-state index contributed by atoms with van der Waals surface area (Å²) in [7, 11) is -3.91. The summed E-state index contributed by atoms with van der Waals surface area (Å²) in [4.78, 5) is 12.0. The Labute approximate surface area is 171 Å². The highest BCUT2D eigenvalue weighted by Crippen LogP contribution is 2.18. The second-order valence-corrected chi connectivity index (χ2v) is 9.49. The Balaban J connectivity index is 2.01. The van der Waals surface area contributed by atoms with Crippen LogP contribution in [-0.2, 0) is 26.1 Å². The molecule has 1 aromatic carbocycles. The van der Waals surface area contributed by atoms with Gasteiger partial charge in [-0.3, -0.25) is 0 Å². The van der Waals surface area contributed by atoms with Crippen molar-refractivity contribution in [2.45, 2.75) is 59.1 Å². The van der Waals surface area contributed by atoms with E-state index in [0.29, 0.717) is 12.1 Å². The van der Waals surface area contributed by atoms with Gasteiger partial charge in [0.25, 0.3) is 5.90 Å². The molecule has 2 rings (SSSR count). The molecule has 1 aromatic rings. The van der Waals surface area contributed by atoms with Crippen LogP contribution < -0.4 is 10.6 Å². The lowest BCUT2D eigenvalue weighted by Gasteiger charge is -2.28. The predicted octanol–water partition coefficient (Wildman–Crippen LogP) is 3.04. The zero-order chi connectivity index (χ0) is 21.9. The summed E-state index contributed by atoms with van der Waals surface area (Å²) in [6, 6.07) is 7.33. The normalized spacial score (nSPS) is 15.9. The molecule has 0 saturated carbocycles. The number of amides is 1. The first-order valence-corrected chi connectivity index (χ1v) is 10.6. The van der Waals surface area contributed by atoms with E-state index >= 15 is 0 Å². The van der Waals surface area contributed by atoms with E-state index in [1.54, 1.807) is 19.1 Å². The van der Waals surface area contributed by atoms with Gasteiger partial charge in [0.05, 0.1) is 6.61 Å². The van der Waals surface area contributed by atoms with Gasteiger partial charge >= 0.3 is 16.3 Å². The molecule has 2 N–H and O–H groups in total. The van der Waals surface area contributed by atoms with Crippen molar-refractivity contribution in [1.29, 1.82) is 0 Å². The first-order valence-electron chi connectivity index (χ1n) is 9.24. The minimum atomic E-state index is -3.91. The third-order valence-electron chi connectivity index (χ3n) is 3.59. The molecule has 0 aliphatic carbocycles. The first kappa shape index (κ1) is 22.7. The quantitative estimate of drug-likeness (QED) is 0.750. The SMILES string of the molecule is CCOC1=NS(=O)(=O)N=C1Nc1ccc(CC(C)(C)NC(=O)OC(C)(C)C)cc1. The van der Waals surface area contributed by atoms with Crippen LogP contribution in [-0.4, -0.2) is 44.0 Å². The summed E-state index contributed by atoms with van der Waals surface area (Å²) in [6.07, 6.45) is 0.108. The topological polar surface area (TPSA) is 118 Å². The Morgan fingerprint density at radius 2 is 1.69 bits per heavy atom. The zero-order valence-electron chi connectivity index (χ0n) is 17.6. The van der Waals surface area contributed by atoms with Crippen molar-refractivity contribution in [1.82, 2.24) is 5.32 Å². The number of amidine groups is 1. The molecule has 1 amide bonds. The van der Waals surface area contributed by atoms with Crippen molar-refractivity contribution in [3.05, 3.63) is 29.8 Å². The van der Waals surface area contributed by atoms with Crippen LogP contribution in [0.15, 0.2) is 33.1 Å². The average molecular weight is 425 g/mol. The molecule has 0 unspecified atom stereocenters. The molecule has 0 aromatic heterocycles. The number of hydrogen-bond acceptors (Lipinski definition) is 6. The van der Waals surface area contributed by atoms with Gasteiger partial charge in [0.2, 0.25) is 5.84 Å². The van der Waals surface area contributed by atoms with Crippen molar-refractivity contribution in [2.24, 2.45) is 8.80 Å². The smallest absolute Gasteiger partial charge is 0.408 e. The van der Waals surface area contributed by atoms with Crippen molar-refractivity contribution in [2.75, 3.05) is 11.9 Å². The minimum Gasteiger partial charge on any atom is -0.475 e. The van der Waals surface area contributed by atoms with Gasteiger partial charge in [-0.2, -0.15) is 8.42 Å². The molecule has 160 valence electrons.